The van der Waals surface area contributed by atoms with E-state index in [1.54, 1.807) is 4.68 Å². The van der Waals surface area contributed by atoms with Gasteiger partial charge in [0.25, 0.3) is 0 Å². The Morgan fingerprint density at radius 1 is 1.25 bits per heavy atom. The summed E-state index contributed by atoms with van der Waals surface area (Å²) < 4.78 is 1.78. The first-order chi connectivity index (χ1) is 11.8. The first-order valence-electron chi connectivity index (χ1n) is 8.60. The average molecular weight is 328 g/mol. The molecule has 1 aliphatic rings. The van der Waals surface area contributed by atoms with Crippen LogP contribution in [0.1, 0.15) is 32.0 Å². The minimum absolute atomic E-state index is 0.137. The molecule has 2 heterocycles. The van der Waals surface area contributed by atoms with Crippen molar-refractivity contribution >= 4 is 5.91 Å². The number of tetrazole rings is 1. The van der Waals surface area contributed by atoms with Crippen LogP contribution in [0.4, 0.5) is 0 Å². The standard InChI is InChI=1S/C17H24N6O/c1-2-10-18-17(24)14-8-11-22(12-9-14)13-16-19-20-21-23(16)15-6-4-3-5-7-15/h3-7,14H,2,8-13H2,1H3,(H,18,24). The molecule has 1 saturated heterocycles. The lowest BCUT2D eigenvalue weighted by Crippen LogP contribution is -2.40. The zero-order valence-electron chi connectivity index (χ0n) is 14.1. The third kappa shape index (κ3) is 3.97. The zero-order chi connectivity index (χ0) is 16.8. The van der Waals surface area contributed by atoms with E-state index < -0.39 is 0 Å². The summed E-state index contributed by atoms with van der Waals surface area (Å²) in [6.07, 6.45) is 2.76. The normalized spacial score (nSPS) is 16.2. The van der Waals surface area contributed by atoms with Crippen LogP contribution in [0.15, 0.2) is 30.3 Å². The number of aromatic nitrogens is 4. The molecule has 0 bridgehead atoms. The molecule has 3 rings (SSSR count). The highest BCUT2D eigenvalue weighted by molar-refractivity contribution is 5.78. The van der Waals surface area contributed by atoms with Crippen LogP contribution in [0.2, 0.25) is 0 Å². The van der Waals surface area contributed by atoms with Gasteiger partial charge in [-0.1, -0.05) is 25.1 Å². The minimum Gasteiger partial charge on any atom is -0.356 e. The number of nitrogens with one attached hydrogen (secondary N) is 1. The fourth-order valence-corrected chi connectivity index (χ4v) is 3.02. The number of carbonyl (C=O) groups is 1. The number of hydrogen-bond donors (Lipinski definition) is 1. The molecule has 0 unspecified atom stereocenters. The molecule has 0 saturated carbocycles. The summed E-state index contributed by atoms with van der Waals surface area (Å²) in [7, 11) is 0. The smallest absolute Gasteiger partial charge is 0.223 e. The lowest BCUT2D eigenvalue weighted by atomic mass is 9.96. The number of nitrogens with zero attached hydrogens (tertiary/aromatic N) is 5. The Morgan fingerprint density at radius 2 is 2.00 bits per heavy atom. The van der Waals surface area contributed by atoms with E-state index in [-0.39, 0.29) is 11.8 Å². The van der Waals surface area contributed by atoms with Crippen LogP contribution in [0.3, 0.4) is 0 Å². The highest BCUT2D eigenvalue weighted by atomic mass is 16.1. The van der Waals surface area contributed by atoms with Gasteiger partial charge in [0.15, 0.2) is 5.82 Å². The van der Waals surface area contributed by atoms with Crippen molar-refractivity contribution in [1.29, 1.82) is 0 Å². The number of carbonyl (C=O) groups excluding carboxylic acids is 1. The predicted octanol–water partition coefficient (Wildman–Crippen LogP) is 1.40. The van der Waals surface area contributed by atoms with Gasteiger partial charge in [-0.3, -0.25) is 9.69 Å². The molecule has 7 nitrogen and oxygen atoms in total. The molecule has 0 radical (unpaired) electrons. The molecule has 2 aromatic rings. The molecule has 128 valence electrons. The van der Waals surface area contributed by atoms with Crippen molar-refractivity contribution < 1.29 is 4.79 Å². The van der Waals surface area contributed by atoms with Gasteiger partial charge in [0, 0.05) is 12.5 Å². The predicted molar refractivity (Wildman–Crippen MR) is 90.5 cm³/mol. The summed E-state index contributed by atoms with van der Waals surface area (Å²) in [5.41, 5.74) is 0.964. The number of likely N-dealkylation sites (tertiary alicyclic amines) is 1. The molecule has 1 N–H and O–H groups in total. The number of benzene rings is 1. The van der Waals surface area contributed by atoms with Gasteiger partial charge >= 0.3 is 0 Å². The topological polar surface area (TPSA) is 75.9 Å². The minimum atomic E-state index is 0.137. The van der Waals surface area contributed by atoms with Gasteiger partial charge in [-0.05, 0) is 54.9 Å². The van der Waals surface area contributed by atoms with Crippen molar-refractivity contribution in [2.45, 2.75) is 32.7 Å². The van der Waals surface area contributed by atoms with E-state index in [0.717, 1.165) is 50.4 Å². The van der Waals surface area contributed by atoms with Crippen molar-refractivity contribution in [3.63, 3.8) is 0 Å². The molecular weight excluding hydrogens is 304 g/mol. The Morgan fingerprint density at radius 3 is 2.71 bits per heavy atom. The van der Waals surface area contributed by atoms with Gasteiger partial charge in [0.05, 0.1) is 12.2 Å². The van der Waals surface area contributed by atoms with E-state index >= 15 is 0 Å². The molecule has 1 aromatic heterocycles. The summed E-state index contributed by atoms with van der Waals surface area (Å²) in [6, 6.07) is 9.90. The number of hydrogen-bond acceptors (Lipinski definition) is 5. The second-order valence-electron chi connectivity index (χ2n) is 6.18. The summed E-state index contributed by atoms with van der Waals surface area (Å²) >= 11 is 0. The second kappa shape index (κ2) is 8.01. The summed E-state index contributed by atoms with van der Waals surface area (Å²) in [4.78, 5) is 14.4. The van der Waals surface area contributed by atoms with Crippen LogP contribution in [0.25, 0.3) is 5.69 Å². The molecule has 1 aromatic carbocycles. The lowest BCUT2D eigenvalue weighted by Gasteiger charge is -2.30. The maximum Gasteiger partial charge on any atom is 0.223 e. The molecule has 0 spiro atoms. The Bertz CT molecular complexity index is 648. The monoisotopic (exact) mass is 328 g/mol. The first kappa shape index (κ1) is 16.6. The van der Waals surface area contributed by atoms with Crippen LogP contribution in [-0.2, 0) is 11.3 Å². The van der Waals surface area contributed by atoms with E-state index in [1.807, 2.05) is 30.3 Å². The maximum absolute atomic E-state index is 12.1. The molecule has 24 heavy (non-hydrogen) atoms. The number of amides is 1. The van der Waals surface area contributed by atoms with Gasteiger partial charge < -0.3 is 5.32 Å². The second-order valence-corrected chi connectivity index (χ2v) is 6.18. The first-order valence-corrected chi connectivity index (χ1v) is 8.60. The maximum atomic E-state index is 12.1. The largest absolute Gasteiger partial charge is 0.356 e. The van der Waals surface area contributed by atoms with Crippen molar-refractivity contribution in [3.05, 3.63) is 36.2 Å². The molecule has 1 fully saturated rings. The van der Waals surface area contributed by atoms with Crippen LogP contribution >= 0.6 is 0 Å². The lowest BCUT2D eigenvalue weighted by molar-refractivity contribution is -0.126. The molecule has 7 heteroatoms. The third-order valence-corrected chi connectivity index (χ3v) is 4.41. The van der Waals surface area contributed by atoms with Gasteiger partial charge in [-0.25, -0.2) is 0 Å². The Labute approximate surface area is 142 Å². The van der Waals surface area contributed by atoms with Crippen molar-refractivity contribution in [3.8, 4) is 5.69 Å². The van der Waals surface area contributed by atoms with E-state index in [9.17, 15) is 4.79 Å². The summed E-state index contributed by atoms with van der Waals surface area (Å²) in [5.74, 6) is 1.17. The van der Waals surface area contributed by atoms with Crippen molar-refractivity contribution in [2.75, 3.05) is 19.6 Å². The van der Waals surface area contributed by atoms with E-state index in [2.05, 4.69) is 32.7 Å². The molecule has 0 aliphatic carbocycles. The molecular formula is C17H24N6O. The average Bonchev–Trinajstić information content (AvgIpc) is 3.09. The van der Waals surface area contributed by atoms with Gasteiger partial charge in [0.1, 0.15) is 0 Å². The quantitative estimate of drug-likeness (QED) is 0.867. The SMILES string of the molecule is CCCNC(=O)C1CCN(Cc2nnnn2-c2ccccc2)CC1. The van der Waals surface area contributed by atoms with E-state index in [1.165, 1.54) is 0 Å². The summed E-state index contributed by atoms with van der Waals surface area (Å²) in [6.45, 7) is 5.33. The van der Waals surface area contributed by atoms with Crippen LogP contribution in [0.5, 0.6) is 0 Å². The van der Waals surface area contributed by atoms with Gasteiger partial charge in [-0.2, -0.15) is 4.68 Å². The fraction of sp³-hybridized carbons (Fsp3) is 0.529. The van der Waals surface area contributed by atoms with E-state index in [4.69, 9.17) is 0 Å². The van der Waals surface area contributed by atoms with Gasteiger partial charge in [-0.15, -0.1) is 5.10 Å². The highest BCUT2D eigenvalue weighted by Crippen LogP contribution is 2.19. The molecule has 1 amide bonds. The highest BCUT2D eigenvalue weighted by Gasteiger charge is 2.25. The Kier molecular flexibility index (Phi) is 5.53. The van der Waals surface area contributed by atoms with Crippen LogP contribution in [-0.4, -0.2) is 50.6 Å². The molecule has 0 atom stereocenters. The third-order valence-electron chi connectivity index (χ3n) is 4.41. The van der Waals surface area contributed by atoms with Crippen molar-refractivity contribution in [2.24, 2.45) is 5.92 Å². The van der Waals surface area contributed by atoms with Gasteiger partial charge in [0.2, 0.25) is 5.91 Å². The number of piperidine rings is 1. The zero-order valence-corrected chi connectivity index (χ0v) is 14.1. The Hall–Kier alpha value is -2.28. The van der Waals surface area contributed by atoms with Crippen LogP contribution in [0, 0.1) is 5.92 Å². The number of para-hydroxylation sites is 1. The fourth-order valence-electron chi connectivity index (χ4n) is 3.02. The van der Waals surface area contributed by atoms with Crippen LogP contribution < -0.4 is 5.32 Å². The van der Waals surface area contributed by atoms with Crippen molar-refractivity contribution in [1.82, 2.24) is 30.4 Å². The molecule has 1 aliphatic heterocycles. The number of rotatable bonds is 6. The summed E-state index contributed by atoms with van der Waals surface area (Å²) in [5, 5.41) is 15.1. The van der Waals surface area contributed by atoms with E-state index in [0.29, 0.717) is 6.54 Å². The Balaban J connectivity index is 1.56.